The molecule has 0 saturated heterocycles. The molecule has 1 N–H and O–H groups in total. The molecule has 3 aromatic rings. The Bertz CT molecular complexity index is 714. The first-order valence-electron chi connectivity index (χ1n) is 5.99. The zero-order chi connectivity index (χ0) is 11.9. The van der Waals surface area contributed by atoms with Gasteiger partial charge in [0.1, 0.15) is 0 Å². The number of hydrogen-bond acceptors (Lipinski definition) is 2. The van der Waals surface area contributed by atoms with Gasteiger partial charge in [-0.15, -0.1) is 0 Å². The summed E-state index contributed by atoms with van der Waals surface area (Å²) >= 11 is 0. The molecule has 4 rings (SSSR count). The molecule has 18 heavy (non-hydrogen) atoms. The minimum absolute atomic E-state index is 0.951. The first-order chi connectivity index (χ1) is 8.93. The molecule has 2 heterocycles. The van der Waals surface area contributed by atoms with E-state index >= 15 is 0 Å². The molecule has 2 aromatic heterocycles. The van der Waals surface area contributed by atoms with Crippen molar-refractivity contribution in [1.29, 1.82) is 0 Å². The summed E-state index contributed by atoms with van der Waals surface area (Å²) in [6.07, 6.45) is 4.59. The number of pyridine rings is 1. The van der Waals surface area contributed by atoms with Crippen LogP contribution in [0.2, 0.25) is 0 Å². The van der Waals surface area contributed by atoms with Gasteiger partial charge >= 0.3 is 0 Å². The van der Waals surface area contributed by atoms with Gasteiger partial charge in [0.05, 0.1) is 11.4 Å². The fourth-order valence-corrected chi connectivity index (χ4v) is 2.61. The van der Waals surface area contributed by atoms with Crippen molar-refractivity contribution in [2.75, 3.05) is 0 Å². The van der Waals surface area contributed by atoms with Gasteiger partial charge in [-0.3, -0.25) is 10.1 Å². The number of nitrogens with zero attached hydrogens (tertiary/aromatic N) is 2. The zero-order valence-corrected chi connectivity index (χ0v) is 9.72. The Kier molecular flexibility index (Phi) is 1.88. The third kappa shape index (κ3) is 1.24. The predicted molar refractivity (Wildman–Crippen MR) is 70.1 cm³/mol. The van der Waals surface area contributed by atoms with E-state index < -0.39 is 0 Å². The lowest BCUT2D eigenvalue weighted by Crippen LogP contribution is -1.86. The summed E-state index contributed by atoms with van der Waals surface area (Å²) in [4.78, 5) is 4.16. The maximum Gasteiger partial charge on any atom is 0.0978 e. The normalized spacial score (nSPS) is 12.2. The van der Waals surface area contributed by atoms with Crippen LogP contribution in [-0.4, -0.2) is 15.2 Å². The van der Waals surface area contributed by atoms with E-state index in [1.165, 1.54) is 16.7 Å². The summed E-state index contributed by atoms with van der Waals surface area (Å²) in [5.74, 6) is 0. The lowest BCUT2D eigenvalue weighted by atomic mass is 10.1. The van der Waals surface area contributed by atoms with Gasteiger partial charge in [0, 0.05) is 35.5 Å². The average molecular weight is 233 g/mol. The van der Waals surface area contributed by atoms with Gasteiger partial charge in [-0.25, -0.2) is 0 Å². The molecule has 3 nitrogen and oxygen atoms in total. The fourth-order valence-electron chi connectivity index (χ4n) is 2.61. The minimum Gasteiger partial charge on any atom is -0.277 e. The van der Waals surface area contributed by atoms with E-state index in [4.69, 9.17) is 0 Å². The molecule has 1 aromatic carbocycles. The Morgan fingerprint density at radius 1 is 1.06 bits per heavy atom. The van der Waals surface area contributed by atoms with Crippen LogP contribution in [-0.2, 0) is 6.42 Å². The molecule has 86 valence electrons. The summed E-state index contributed by atoms with van der Waals surface area (Å²) in [5, 5.41) is 7.61. The Balaban J connectivity index is 1.91. The van der Waals surface area contributed by atoms with E-state index in [1.54, 1.807) is 6.20 Å². The van der Waals surface area contributed by atoms with Crippen molar-refractivity contribution in [3.63, 3.8) is 0 Å². The SMILES string of the molecule is c1cncc(-c2n[nH]c3c2Cc2ccccc2-3)c1. The highest BCUT2D eigenvalue weighted by molar-refractivity contribution is 5.80. The van der Waals surface area contributed by atoms with Crippen LogP contribution < -0.4 is 0 Å². The van der Waals surface area contributed by atoms with Gasteiger partial charge in [0.25, 0.3) is 0 Å². The molecule has 0 saturated carbocycles. The van der Waals surface area contributed by atoms with Gasteiger partial charge in [0.15, 0.2) is 0 Å². The number of fused-ring (bicyclic) bond motifs is 3. The Morgan fingerprint density at radius 2 is 2.00 bits per heavy atom. The van der Waals surface area contributed by atoms with Gasteiger partial charge < -0.3 is 0 Å². The van der Waals surface area contributed by atoms with Crippen molar-refractivity contribution in [1.82, 2.24) is 15.2 Å². The number of H-pyrrole nitrogens is 1. The second-order valence-electron chi connectivity index (χ2n) is 4.50. The van der Waals surface area contributed by atoms with E-state index in [-0.39, 0.29) is 0 Å². The molecule has 0 unspecified atom stereocenters. The number of aromatic amines is 1. The Labute approximate surface area is 105 Å². The molecule has 0 atom stereocenters. The predicted octanol–water partition coefficient (Wildman–Crippen LogP) is 3.04. The van der Waals surface area contributed by atoms with Crippen molar-refractivity contribution in [2.45, 2.75) is 6.42 Å². The maximum atomic E-state index is 4.44. The van der Waals surface area contributed by atoms with E-state index in [2.05, 4.69) is 39.4 Å². The first-order valence-corrected chi connectivity index (χ1v) is 5.99. The molecule has 1 aliphatic carbocycles. The highest BCUT2D eigenvalue weighted by atomic mass is 15.1. The number of aromatic nitrogens is 3. The molecule has 0 radical (unpaired) electrons. The van der Waals surface area contributed by atoms with E-state index in [9.17, 15) is 0 Å². The third-order valence-corrected chi connectivity index (χ3v) is 3.46. The van der Waals surface area contributed by atoms with E-state index in [0.29, 0.717) is 0 Å². The molecular weight excluding hydrogens is 222 g/mol. The topological polar surface area (TPSA) is 41.6 Å². The molecule has 0 bridgehead atoms. The van der Waals surface area contributed by atoms with Gasteiger partial charge in [0.2, 0.25) is 0 Å². The molecule has 0 spiro atoms. The van der Waals surface area contributed by atoms with Crippen molar-refractivity contribution in [3.8, 4) is 22.5 Å². The standard InChI is InChI=1S/C15H11N3/c1-2-6-12-10(4-1)8-13-14(17-18-15(12)13)11-5-3-7-16-9-11/h1-7,9H,8H2,(H,17,18). The summed E-state index contributed by atoms with van der Waals surface area (Å²) in [7, 11) is 0. The summed E-state index contributed by atoms with van der Waals surface area (Å²) in [6.45, 7) is 0. The van der Waals surface area contributed by atoms with Crippen LogP contribution in [0.3, 0.4) is 0 Å². The van der Waals surface area contributed by atoms with Crippen molar-refractivity contribution >= 4 is 0 Å². The molecule has 1 aliphatic rings. The van der Waals surface area contributed by atoms with Crippen LogP contribution >= 0.6 is 0 Å². The summed E-state index contributed by atoms with van der Waals surface area (Å²) < 4.78 is 0. The fraction of sp³-hybridized carbons (Fsp3) is 0.0667. The van der Waals surface area contributed by atoms with Gasteiger partial charge in [-0.2, -0.15) is 5.10 Å². The summed E-state index contributed by atoms with van der Waals surface area (Å²) in [5.41, 5.74) is 7.17. The van der Waals surface area contributed by atoms with Crippen molar-refractivity contribution in [3.05, 3.63) is 59.9 Å². The van der Waals surface area contributed by atoms with Gasteiger partial charge in [-0.1, -0.05) is 24.3 Å². The lowest BCUT2D eigenvalue weighted by Gasteiger charge is -1.98. The number of benzene rings is 1. The molecule has 3 heteroatoms. The monoisotopic (exact) mass is 233 g/mol. The Hall–Kier alpha value is -2.42. The second kappa shape index (κ2) is 3.53. The average Bonchev–Trinajstić information content (AvgIpc) is 2.98. The molecule has 0 aliphatic heterocycles. The molecular formula is C15H11N3. The molecule has 0 fully saturated rings. The van der Waals surface area contributed by atoms with Crippen molar-refractivity contribution < 1.29 is 0 Å². The first kappa shape index (κ1) is 9.59. The largest absolute Gasteiger partial charge is 0.277 e. The third-order valence-electron chi connectivity index (χ3n) is 3.46. The number of nitrogens with one attached hydrogen (secondary N) is 1. The lowest BCUT2D eigenvalue weighted by molar-refractivity contribution is 1.09. The van der Waals surface area contributed by atoms with E-state index in [1.807, 2.05) is 18.3 Å². The highest BCUT2D eigenvalue weighted by Crippen LogP contribution is 2.39. The second-order valence-corrected chi connectivity index (χ2v) is 4.50. The van der Waals surface area contributed by atoms with Crippen molar-refractivity contribution in [2.24, 2.45) is 0 Å². The Morgan fingerprint density at radius 3 is 2.89 bits per heavy atom. The quantitative estimate of drug-likeness (QED) is 0.549. The highest BCUT2D eigenvalue weighted by Gasteiger charge is 2.24. The smallest absolute Gasteiger partial charge is 0.0978 e. The molecule has 0 amide bonds. The van der Waals surface area contributed by atoms with Crippen LogP contribution in [0.1, 0.15) is 11.1 Å². The maximum absolute atomic E-state index is 4.44. The summed E-state index contributed by atoms with van der Waals surface area (Å²) in [6, 6.07) is 12.5. The van der Waals surface area contributed by atoms with Crippen LogP contribution in [0.4, 0.5) is 0 Å². The number of rotatable bonds is 1. The van der Waals surface area contributed by atoms with Crippen LogP contribution in [0, 0.1) is 0 Å². The van der Waals surface area contributed by atoms with Gasteiger partial charge in [-0.05, 0) is 17.7 Å². The van der Waals surface area contributed by atoms with Crippen LogP contribution in [0.15, 0.2) is 48.8 Å². The van der Waals surface area contributed by atoms with Crippen LogP contribution in [0.25, 0.3) is 22.5 Å². The van der Waals surface area contributed by atoms with Crippen LogP contribution in [0.5, 0.6) is 0 Å². The number of hydrogen-bond donors (Lipinski definition) is 1. The minimum atomic E-state index is 0.951. The zero-order valence-electron chi connectivity index (χ0n) is 9.72. The van der Waals surface area contributed by atoms with E-state index in [0.717, 1.165) is 23.4 Å².